The van der Waals surface area contributed by atoms with E-state index in [0.717, 1.165) is 13.1 Å². The van der Waals surface area contributed by atoms with E-state index >= 15 is 0 Å². The normalized spacial score (nSPS) is 15.7. The number of nitrogens with zero attached hydrogens (tertiary/aromatic N) is 2. The lowest BCUT2D eigenvalue weighted by atomic mass is 10.3. The largest absolute Gasteiger partial charge is 0.335 e. The molecule has 0 spiro atoms. The number of aromatic nitrogens is 1. The van der Waals surface area contributed by atoms with Crippen LogP contribution in [0.25, 0.3) is 0 Å². The number of amides is 2. The molecule has 7 heteroatoms. The van der Waals surface area contributed by atoms with Crippen LogP contribution in [-0.4, -0.2) is 47.9 Å². The fourth-order valence-electron chi connectivity index (χ4n) is 1.61. The van der Waals surface area contributed by atoms with Crippen molar-refractivity contribution in [2.75, 3.05) is 31.5 Å². The summed E-state index contributed by atoms with van der Waals surface area (Å²) in [5.41, 5.74) is 0.403. The molecule has 2 heterocycles. The first-order chi connectivity index (χ1) is 8.16. The maximum atomic E-state index is 12.0. The van der Waals surface area contributed by atoms with Crippen LogP contribution >= 0.6 is 11.3 Å². The number of rotatable bonds is 2. The van der Waals surface area contributed by atoms with Gasteiger partial charge in [-0.1, -0.05) is 0 Å². The number of hydrogen-bond donors (Lipinski definition) is 2. The maximum Gasteiger partial charge on any atom is 0.273 e. The Morgan fingerprint density at radius 2 is 2.18 bits per heavy atom. The van der Waals surface area contributed by atoms with Gasteiger partial charge in [-0.15, -0.1) is 11.3 Å². The van der Waals surface area contributed by atoms with Crippen LogP contribution < -0.4 is 10.6 Å². The molecule has 1 aliphatic heterocycles. The highest BCUT2D eigenvalue weighted by Crippen LogP contribution is 2.16. The van der Waals surface area contributed by atoms with Crippen LogP contribution in [0.1, 0.15) is 17.4 Å². The van der Waals surface area contributed by atoms with Crippen molar-refractivity contribution in [3.05, 3.63) is 11.1 Å². The van der Waals surface area contributed by atoms with E-state index in [0.29, 0.717) is 23.9 Å². The molecule has 1 saturated heterocycles. The summed E-state index contributed by atoms with van der Waals surface area (Å²) in [7, 11) is 0. The topological polar surface area (TPSA) is 74.3 Å². The van der Waals surface area contributed by atoms with E-state index in [1.807, 2.05) is 0 Å². The summed E-state index contributed by atoms with van der Waals surface area (Å²) >= 11 is 1.26. The smallest absolute Gasteiger partial charge is 0.273 e. The lowest BCUT2D eigenvalue weighted by Gasteiger charge is -2.26. The van der Waals surface area contributed by atoms with Crippen molar-refractivity contribution in [2.45, 2.75) is 6.92 Å². The van der Waals surface area contributed by atoms with E-state index < -0.39 is 0 Å². The average Bonchev–Trinajstić information content (AvgIpc) is 2.77. The van der Waals surface area contributed by atoms with Crippen LogP contribution in [0.3, 0.4) is 0 Å². The minimum atomic E-state index is -0.180. The minimum Gasteiger partial charge on any atom is -0.335 e. The van der Waals surface area contributed by atoms with Gasteiger partial charge in [-0.3, -0.25) is 9.59 Å². The van der Waals surface area contributed by atoms with Crippen LogP contribution in [0, 0.1) is 0 Å². The van der Waals surface area contributed by atoms with Gasteiger partial charge in [-0.25, -0.2) is 4.98 Å². The van der Waals surface area contributed by atoms with E-state index in [4.69, 9.17) is 0 Å². The number of nitrogens with one attached hydrogen (secondary N) is 2. The van der Waals surface area contributed by atoms with Crippen molar-refractivity contribution in [2.24, 2.45) is 0 Å². The summed E-state index contributed by atoms with van der Waals surface area (Å²) < 4.78 is 0. The quantitative estimate of drug-likeness (QED) is 0.787. The molecule has 1 aromatic heterocycles. The summed E-state index contributed by atoms with van der Waals surface area (Å²) in [4.78, 5) is 28.7. The molecule has 0 bridgehead atoms. The third-order valence-corrected chi connectivity index (χ3v) is 3.17. The SMILES string of the molecule is CC(=O)Nc1nc(C(=O)N2CCNCC2)cs1. The average molecular weight is 254 g/mol. The minimum absolute atomic E-state index is 0.0700. The fraction of sp³-hybridized carbons (Fsp3) is 0.500. The first kappa shape index (κ1) is 12.0. The van der Waals surface area contributed by atoms with E-state index in [1.54, 1.807) is 10.3 Å². The number of hydrogen-bond acceptors (Lipinski definition) is 5. The standard InChI is InChI=1S/C10H14N4O2S/c1-7(15)12-10-13-8(6-17-10)9(16)14-4-2-11-3-5-14/h6,11H,2-5H2,1H3,(H,12,13,15). The highest BCUT2D eigenvalue weighted by molar-refractivity contribution is 7.14. The predicted molar refractivity (Wildman–Crippen MR) is 65.2 cm³/mol. The molecule has 2 rings (SSSR count). The molecule has 0 radical (unpaired) electrons. The van der Waals surface area contributed by atoms with Crippen LogP contribution in [0.5, 0.6) is 0 Å². The van der Waals surface area contributed by atoms with Gasteiger partial charge in [0.2, 0.25) is 5.91 Å². The van der Waals surface area contributed by atoms with Crippen molar-refractivity contribution in [3.8, 4) is 0 Å². The highest BCUT2D eigenvalue weighted by Gasteiger charge is 2.20. The molecule has 0 atom stereocenters. The molecular weight excluding hydrogens is 240 g/mol. The third kappa shape index (κ3) is 3.01. The van der Waals surface area contributed by atoms with Gasteiger partial charge < -0.3 is 15.5 Å². The van der Waals surface area contributed by atoms with Crippen molar-refractivity contribution in [3.63, 3.8) is 0 Å². The van der Waals surface area contributed by atoms with Gasteiger partial charge in [0.05, 0.1) is 0 Å². The Morgan fingerprint density at radius 1 is 1.47 bits per heavy atom. The molecule has 0 unspecified atom stereocenters. The molecule has 0 saturated carbocycles. The number of thiazole rings is 1. The second-order valence-electron chi connectivity index (χ2n) is 3.76. The molecule has 0 aliphatic carbocycles. The zero-order valence-electron chi connectivity index (χ0n) is 9.52. The van der Waals surface area contributed by atoms with Gasteiger partial charge in [-0.2, -0.15) is 0 Å². The number of anilines is 1. The van der Waals surface area contributed by atoms with Gasteiger partial charge in [0.15, 0.2) is 5.13 Å². The number of carbonyl (C=O) groups is 2. The second-order valence-corrected chi connectivity index (χ2v) is 4.62. The van der Waals surface area contributed by atoms with Gasteiger partial charge in [0, 0.05) is 38.5 Å². The van der Waals surface area contributed by atoms with Crippen LogP contribution in [-0.2, 0) is 4.79 Å². The number of piperazine rings is 1. The zero-order valence-corrected chi connectivity index (χ0v) is 10.3. The Labute approximate surface area is 103 Å². The monoisotopic (exact) mass is 254 g/mol. The van der Waals surface area contributed by atoms with Gasteiger partial charge in [-0.05, 0) is 0 Å². The lowest BCUT2D eigenvalue weighted by molar-refractivity contribution is -0.114. The molecule has 1 aromatic rings. The summed E-state index contributed by atoms with van der Waals surface area (Å²) in [6, 6.07) is 0. The fourth-order valence-corrected chi connectivity index (χ4v) is 2.34. The van der Waals surface area contributed by atoms with Crippen molar-refractivity contribution < 1.29 is 9.59 Å². The molecular formula is C10H14N4O2S. The van der Waals surface area contributed by atoms with E-state index in [9.17, 15) is 9.59 Å². The van der Waals surface area contributed by atoms with Crippen molar-refractivity contribution >= 4 is 28.3 Å². The van der Waals surface area contributed by atoms with Crippen LogP contribution in [0.15, 0.2) is 5.38 Å². The predicted octanol–water partition coefficient (Wildman–Crippen LogP) is 0.147. The highest BCUT2D eigenvalue weighted by atomic mass is 32.1. The van der Waals surface area contributed by atoms with Crippen molar-refractivity contribution in [1.82, 2.24) is 15.2 Å². The zero-order chi connectivity index (χ0) is 12.3. The first-order valence-corrected chi connectivity index (χ1v) is 6.28. The summed E-state index contributed by atoms with van der Waals surface area (Å²) in [6.07, 6.45) is 0. The lowest BCUT2D eigenvalue weighted by Crippen LogP contribution is -2.46. The maximum absolute atomic E-state index is 12.0. The second kappa shape index (κ2) is 5.24. The summed E-state index contributed by atoms with van der Waals surface area (Å²) in [5.74, 6) is -0.250. The van der Waals surface area contributed by atoms with Crippen molar-refractivity contribution in [1.29, 1.82) is 0 Å². The Bertz CT molecular complexity index is 426. The number of carbonyl (C=O) groups excluding carboxylic acids is 2. The summed E-state index contributed by atoms with van der Waals surface area (Å²) in [6.45, 7) is 4.44. The Kier molecular flexibility index (Phi) is 3.70. The first-order valence-electron chi connectivity index (χ1n) is 5.40. The Morgan fingerprint density at radius 3 is 2.82 bits per heavy atom. The Hall–Kier alpha value is -1.47. The molecule has 2 N–H and O–H groups in total. The van der Waals surface area contributed by atoms with Crippen LogP contribution in [0.4, 0.5) is 5.13 Å². The van der Waals surface area contributed by atoms with E-state index in [1.165, 1.54) is 18.3 Å². The molecule has 17 heavy (non-hydrogen) atoms. The molecule has 92 valence electrons. The molecule has 1 fully saturated rings. The molecule has 2 amide bonds. The van der Waals surface area contributed by atoms with Gasteiger partial charge in [0.25, 0.3) is 5.91 Å². The van der Waals surface area contributed by atoms with E-state index in [-0.39, 0.29) is 11.8 Å². The van der Waals surface area contributed by atoms with Gasteiger partial charge >= 0.3 is 0 Å². The van der Waals surface area contributed by atoms with Gasteiger partial charge in [0.1, 0.15) is 5.69 Å². The third-order valence-electron chi connectivity index (χ3n) is 2.41. The summed E-state index contributed by atoms with van der Waals surface area (Å²) in [5, 5.41) is 7.90. The van der Waals surface area contributed by atoms with Crippen LogP contribution in [0.2, 0.25) is 0 Å². The molecule has 0 aromatic carbocycles. The van der Waals surface area contributed by atoms with E-state index in [2.05, 4.69) is 15.6 Å². The Balaban J connectivity index is 2.03. The molecule has 6 nitrogen and oxygen atoms in total. The molecule has 1 aliphatic rings.